The van der Waals surface area contributed by atoms with Crippen molar-refractivity contribution in [3.8, 4) is 0 Å². The topological polar surface area (TPSA) is 106 Å². The summed E-state index contributed by atoms with van der Waals surface area (Å²) in [5, 5.41) is 7.15. The summed E-state index contributed by atoms with van der Waals surface area (Å²) in [6.45, 7) is 1.84. The predicted octanol–water partition coefficient (Wildman–Crippen LogP) is 2.60. The molecule has 0 saturated heterocycles. The normalized spacial score (nSPS) is 12.1. The number of nitrogens with zero attached hydrogens (tertiary/aromatic N) is 7. The van der Waals surface area contributed by atoms with Gasteiger partial charge >= 0.3 is 0 Å². The van der Waals surface area contributed by atoms with Gasteiger partial charge in [-0.1, -0.05) is 0 Å². The van der Waals surface area contributed by atoms with Crippen LogP contribution in [0.1, 0.15) is 18.8 Å². The average Bonchev–Trinajstić information content (AvgIpc) is 3.07. The predicted molar refractivity (Wildman–Crippen MR) is 97.9 cm³/mol. The van der Waals surface area contributed by atoms with E-state index >= 15 is 0 Å². The number of rotatable bonds is 5. The van der Waals surface area contributed by atoms with Crippen LogP contribution in [-0.2, 0) is 7.05 Å². The van der Waals surface area contributed by atoms with Gasteiger partial charge in [0.1, 0.15) is 17.5 Å². The lowest BCUT2D eigenvalue weighted by molar-refractivity contribution is 0.604. The number of anilines is 3. The molecule has 0 aliphatic rings. The molecule has 0 bridgehead atoms. The summed E-state index contributed by atoms with van der Waals surface area (Å²) >= 11 is 0. The third kappa shape index (κ3) is 3.64. The van der Waals surface area contributed by atoms with Crippen molar-refractivity contribution in [2.45, 2.75) is 13.0 Å². The van der Waals surface area contributed by atoms with E-state index in [1.54, 1.807) is 18.7 Å². The monoisotopic (exact) mass is 365 g/mol. The first-order valence-electron chi connectivity index (χ1n) is 8.19. The van der Waals surface area contributed by atoms with Crippen molar-refractivity contribution in [3.63, 3.8) is 0 Å². The van der Waals surface area contributed by atoms with Crippen LogP contribution in [0.5, 0.6) is 0 Å². The summed E-state index contributed by atoms with van der Waals surface area (Å²) in [6.07, 6.45) is 9.12. The maximum absolute atomic E-state index is 13.0. The summed E-state index contributed by atoms with van der Waals surface area (Å²) in [5.74, 6) is 1.58. The third-order valence-corrected chi connectivity index (χ3v) is 3.82. The fraction of sp³-hybridized carbons (Fsp3) is 0.176. The average molecular weight is 365 g/mol. The van der Waals surface area contributed by atoms with Gasteiger partial charge < -0.3 is 15.2 Å². The van der Waals surface area contributed by atoms with Crippen molar-refractivity contribution in [2.24, 2.45) is 7.05 Å². The van der Waals surface area contributed by atoms with Crippen LogP contribution in [-0.4, -0.2) is 34.5 Å². The molecule has 9 nitrogen and oxygen atoms in total. The molecule has 0 aromatic carbocycles. The number of aryl methyl sites for hydroxylation is 1. The van der Waals surface area contributed by atoms with E-state index in [0.29, 0.717) is 28.9 Å². The molecule has 27 heavy (non-hydrogen) atoms. The molecule has 0 fully saturated rings. The van der Waals surface area contributed by atoms with Gasteiger partial charge in [-0.15, -0.1) is 0 Å². The van der Waals surface area contributed by atoms with Crippen molar-refractivity contribution in [2.75, 3.05) is 10.6 Å². The molecule has 0 radical (unpaired) electrons. The second-order valence-electron chi connectivity index (χ2n) is 5.96. The van der Waals surface area contributed by atoms with Gasteiger partial charge in [-0.3, -0.25) is 4.98 Å². The van der Waals surface area contributed by atoms with Crippen LogP contribution in [0.25, 0.3) is 10.9 Å². The summed E-state index contributed by atoms with van der Waals surface area (Å²) in [7, 11) is 1.89. The molecule has 0 spiro atoms. The van der Waals surface area contributed by atoms with E-state index in [0.717, 1.165) is 17.8 Å². The molecule has 0 aliphatic heterocycles. The summed E-state index contributed by atoms with van der Waals surface area (Å²) in [4.78, 5) is 25.4. The Morgan fingerprint density at radius 2 is 1.93 bits per heavy atom. The molecular weight excluding hydrogens is 349 g/mol. The number of aromatic nitrogens is 7. The quantitative estimate of drug-likeness (QED) is 0.556. The molecule has 0 saturated carbocycles. The molecular formula is C17H16FN9. The van der Waals surface area contributed by atoms with Crippen LogP contribution in [0.4, 0.5) is 22.0 Å². The standard InChI is InChI=1S/C17H16FN9/c1-10(15-20-5-11(18)6-21-15)23-17-24-13-7-19-4-3-12(13)16(26-17)25-14-8-27(2)9-22-14/h3-10H,1-2H3,(H2,23,24,25,26). The maximum atomic E-state index is 13.0. The van der Waals surface area contributed by atoms with Crippen molar-refractivity contribution in [1.82, 2.24) is 34.5 Å². The summed E-state index contributed by atoms with van der Waals surface area (Å²) in [6, 6.07) is 1.51. The molecule has 4 rings (SSSR count). The number of pyridine rings is 1. The maximum Gasteiger partial charge on any atom is 0.225 e. The molecule has 0 amide bonds. The lowest BCUT2D eigenvalue weighted by atomic mass is 10.3. The van der Waals surface area contributed by atoms with E-state index in [1.807, 2.05) is 30.8 Å². The molecule has 1 atom stereocenters. The molecule has 10 heteroatoms. The summed E-state index contributed by atoms with van der Waals surface area (Å²) < 4.78 is 14.9. The molecule has 0 aliphatic carbocycles. The van der Waals surface area contributed by atoms with Crippen LogP contribution >= 0.6 is 0 Å². The van der Waals surface area contributed by atoms with Crippen LogP contribution in [0.3, 0.4) is 0 Å². The van der Waals surface area contributed by atoms with E-state index in [1.165, 1.54) is 0 Å². The first-order chi connectivity index (χ1) is 13.1. The second-order valence-corrected chi connectivity index (χ2v) is 5.96. The van der Waals surface area contributed by atoms with Gasteiger partial charge in [-0.2, -0.15) is 4.98 Å². The highest BCUT2D eigenvalue weighted by atomic mass is 19.1. The van der Waals surface area contributed by atoms with E-state index in [-0.39, 0.29) is 6.04 Å². The Morgan fingerprint density at radius 3 is 2.67 bits per heavy atom. The second kappa shape index (κ2) is 6.90. The highest BCUT2D eigenvalue weighted by molar-refractivity contribution is 5.90. The number of halogens is 1. The van der Waals surface area contributed by atoms with Gasteiger partial charge in [0.25, 0.3) is 0 Å². The van der Waals surface area contributed by atoms with Crippen LogP contribution in [0.15, 0.2) is 43.4 Å². The minimum absolute atomic E-state index is 0.317. The molecule has 1 unspecified atom stereocenters. The molecule has 136 valence electrons. The zero-order valence-electron chi connectivity index (χ0n) is 14.6. The van der Waals surface area contributed by atoms with E-state index < -0.39 is 5.82 Å². The number of hydrogen-bond donors (Lipinski definition) is 2. The van der Waals surface area contributed by atoms with Crippen molar-refractivity contribution in [1.29, 1.82) is 0 Å². The zero-order chi connectivity index (χ0) is 18.8. The lowest BCUT2D eigenvalue weighted by Crippen LogP contribution is -2.13. The van der Waals surface area contributed by atoms with Gasteiger partial charge in [0.15, 0.2) is 5.82 Å². The third-order valence-electron chi connectivity index (χ3n) is 3.82. The fourth-order valence-corrected chi connectivity index (χ4v) is 2.54. The van der Waals surface area contributed by atoms with E-state index in [9.17, 15) is 4.39 Å². The van der Waals surface area contributed by atoms with Gasteiger partial charge in [-0.05, 0) is 13.0 Å². The largest absolute Gasteiger partial charge is 0.344 e. The lowest BCUT2D eigenvalue weighted by Gasteiger charge is -2.14. The smallest absolute Gasteiger partial charge is 0.225 e. The molecule has 4 aromatic heterocycles. The highest BCUT2D eigenvalue weighted by Gasteiger charge is 2.14. The van der Waals surface area contributed by atoms with Gasteiger partial charge in [-0.25, -0.2) is 24.3 Å². The van der Waals surface area contributed by atoms with Crippen LogP contribution in [0, 0.1) is 5.82 Å². The number of nitrogens with one attached hydrogen (secondary N) is 2. The molecule has 4 aromatic rings. The Morgan fingerprint density at radius 1 is 1.11 bits per heavy atom. The first kappa shape index (κ1) is 16.8. The SMILES string of the molecule is CC(Nc1nc(Nc2cn(C)cn2)c2ccncc2n1)c1ncc(F)cn1. The Kier molecular flexibility index (Phi) is 4.29. The van der Waals surface area contributed by atoms with Crippen LogP contribution in [0.2, 0.25) is 0 Å². The zero-order valence-corrected chi connectivity index (χ0v) is 14.6. The Labute approximate surface area is 153 Å². The Bertz CT molecular complexity index is 1080. The summed E-state index contributed by atoms with van der Waals surface area (Å²) in [5.41, 5.74) is 0.667. The Balaban J connectivity index is 1.67. The van der Waals surface area contributed by atoms with E-state index in [4.69, 9.17) is 0 Å². The Hall–Kier alpha value is -3.69. The van der Waals surface area contributed by atoms with Gasteiger partial charge in [0.05, 0.1) is 36.5 Å². The van der Waals surface area contributed by atoms with E-state index in [2.05, 4.69) is 40.5 Å². The fourth-order valence-electron chi connectivity index (χ4n) is 2.54. The van der Waals surface area contributed by atoms with Crippen LogP contribution < -0.4 is 10.6 Å². The number of fused-ring (bicyclic) bond motifs is 1. The number of imidazole rings is 1. The molecule has 4 heterocycles. The van der Waals surface area contributed by atoms with Crippen molar-refractivity contribution >= 4 is 28.5 Å². The van der Waals surface area contributed by atoms with Gasteiger partial charge in [0.2, 0.25) is 5.95 Å². The van der Waals surface area contributed by atoms with Gasteiger partial charge in [0, 0.05) is 24.8 Å². The molecule has 2 N–H and O–H groups in total. The first-order valence-corrected chi connectivity index (χ1v) is 8.19. The van der Waals surface area contributed by atoms with Crippen molar-refractivity contribution in [3.05, 3.63) is 55.0 Å². The minimum Gasteiger partial charge on any atom is -0.344 e. The van der Waals surface area contributed by atoms with Crippen molar-refractivity contribution < 1.29 is 4.39 Å². The number of hydrogen-bond acceptors (Lipinski definition) is 8. The minimum atomic E-state index is -0.485. The highest BCUT2D eigenvalue weighted by Crippen LogP contribution is 2.25.